The molecule has 0 saturated carbocycles. The van der Waals surface area contributed by atoms with Gasteiger partial charge in [0.15, 0.2) is 0 Å². The average Bonchev–Trinajstić information content (AvgIpc) is 2.81. The molecule has 0 spiro atoms. The van der Waals surface area contributed by atoms with Gasteiger partial charge in [0.05, 0.1) is 11.2 Å². The molecule has 0 bridgehead atoms. The van der Waals surface area contributed by atoms with E-state index in [9.17, 15) is 4.79 Å². The van der Waals surface area contributed by atoms with Crippen LogP contribution in [-0.2, 0) is 4.79 Å². The Labute approximate surface area is 125 Å². The summed E-state index contributed by atoms with van der Waals surface area (Å²) in [5.41, 5.74) is 1.79. The molecule has 1 aromatic heterocycles. The van der Waals surface area contributed by atoms with Crippen molar-refractivity contribution in [3.8, 4) is 0 Å². The predicted octanol–water partition coefficient (Wildman–Crippen LogP) is 3.65. The molecular weight excluding hydrogens is 260 g/mol. The van der Waals surface area contributed by atoms with Crippen LogP contribution in [0.3, 0.4) is 0 Å². The van der Waals surface area contributed by atoms with E-state index in [1.165, 1.54) is 12.8 Å². The Bertz CT molecular complexity index is 655. The van der Waals surface area contributed by atoms with Crippen molar-refractivity contribution in [2.75, 3.05) is 13.1 Å². The summed E-state index contributed by atoms with van der Waals surface area (Å²) >= 11 is 0. The molecule has 1 aromatic carbocycles. The van der Waals surface area contributed by atoms with E-state index in [0.717, 1.165) is 42.5 Å². The maximum Gasteiger partial charge on any atom is 0.246 e. The lowest BCUT2D eigenvalue weighted by Crippen LogP contribution is -2.30. The summed E-state index contributed by atoms with van der Waals surface area (Å²) in [6, 6.07) is 12.0. The molecule has 2 aromatic rings. The highest BCUT2D eigenvalue weighted by molar-refractivity contribution is 5.92. The van der Waals surface area contributed by atoms with Crippen LogP contribution < -0.4 is 0 Å². The number of nitrogens with zero attached hydrogens (tertiary/aromatic N) is 2. The molecule has 1 saturated heterocycles. The number of carbonyl (C=O) groups is 1. The molecule has 3 nitrogen and oxygen atoms in total. The highest BCUT2D eigenvalue weighted by Gasteiger charge is 2.12. The second-order valence-corrected chi connectivity index (χ2v) is 5.50. The third kappa shape index (κ3) is 3.48. The zero-order valence-electron chi connectivity index (χ0n) is 12.2. The van der Waals surface area contributed by atoms with Crippen molar-refractivity contribution in [2.45, 2.75) is 25.7 Å². The summed E-state index contributed by atoms with van der Waals surface area (Å²) in [5, 5.41) is 1.12. The topological polar surface area (TPSA) is 33.2 Å². The molecule has 108 valence electrons. The zero-order chi connectivity index (χ0) is 14.5. The van der Waals surface area contributed by atoms with E-state index in [0.29, 0.717) is 0 Å². The monoisotopic (exact) mass is 280 g/mol. The fourth-order valence-electron chi connectivity index (χ4n) is 2.73. The van der Waals surface area contributed by atoms with Crippen LogP contribution in [0.25, 0.3) is 17.0 Å². The zero-order valence-corrected chi connectivity index (χ0v) is 12.2. The number of hydrogen-bond donors (Lipinski definition) is 0. The Morgan fingerprint density at radius 2 is 1.76 bits per heavy atom. The second-order valence-electron chi connectivity index (χ2n) is 5.50. The van der Waals surface area contributed by atoms with Crippen LogP contribution in [0.4, 0.5) is 0 Å². The first-order valence-electron chi connectivity index (χ1n) is 7.66. The Kier molecular flexibility index (Phi) is 4.29. The van der Waals surface area contributed by atoms with Crippen molar-refractivity contribution >= 4 is 22.9 Å². The van der Waals surface area contributed by atoms with Gasteiger partial charge in [0.25, 0.3) is 0 Å². The van der Waals surface area contributed by atoms with Gasteiger partial charge < -0.3 is 4.90 Å². The minimum atomic E-state index is 0.104. The number of benzene rings is 1. The van der Waals surface area contributed by atoms with E-state index in [2.05, 4.69) is 4.98 Å². The summed E-state index contributed by atoms with van der Waals surface area (Å²) in [6.45, 7) is 1.77. The van der Waals surface area contributed by atoms with Gasteiger partial charge in [0.2, 0.25) is 5.91 Å². The summed E-state index contributed by atoms with van der Waals surface area (Å²) in [6.07, 6.45) is 8.18. The largest absolute Gasteiger partial charge is 0.339 e. The van der Waals surface area contributed by atoms with Gasteiger partial charge in [-0.2, -0.15) is 0 Å². The van der Waals surface area contributed by atoms with Gasteiger partial charge in [0.1, 0.15) is 0 Å². The van der Waals surface area contributed by atoms with Crippen LogP contribution in [0.5, 0.6) is 0 Å². The van der Waals surface area contributed by atoms with Gasteiger partial charge in [-0.25, -0.2) is 4.98 Å². The third-order valence-corrected chi connectivity index (χ3v) is 3.93. The van der Waals surface area contributed by atoms with E-state index in [1.807, 2.05) is 47.4 Å². The van der Waals surface area contributed by atoms with Crippen LogP contribution in [0, 0.1) is 0 Å². The van der Waals surface area contributed by atoms with E-state index in [-0.39, 0.29) is 5.91 Å². The molecule has 0 unspecified atom stereocenters. The van der Waals surface area contributed by atoms with Crippen molar-refractivity contribution in [3.05, 3.63) is 48.2 Å². The maximum atomic E-state index is 12.2. The van der Waals surface area contributed by atoms with Crippen molar-refractivity contribution in [1.29, 1.82) is 0 Å². The SMILES string of the molecule is O=C(/C=C/c1ccc2ccccc2n1)N1CCCCCC1. The number of hydrogen-bond acceptors (Lipinski definition) is 2. The van der Waals surface area contributed by atoms with Crippen molar-refractivity contribution in [2.24, 2.45) is 0 Å². The molecule has 0 radical (unpaired) electrons. The average molecular weight is 280 g/mol. The van der Waals surface area contributed by atoms with Crippen molar-refractivity contribution < 1.29 is 4.79 Å². The standard InChI is InChI=1S/C18H20N2O/c21-18(20-13-5-1-2-6-14-20)12-11-16-10-9-15-7-3-4-8-17(15)19-16/h3-4,7-12H,1-2,5-6,13-14H2/b12-11+. The van der Waals surface area contributed by atoms with Crippen LogP contribution in [-0.4, -0.2) is 28.9 Å². The lowest BCUT2D eigenvalue weighted by Gasteiger charge is -2.17. The lowest BCUT2D eigenvalue weighted by atomic mass is 10.2. The summed E-state index contributed by atoms with van der Waals surface area (Å²) < 4.78 is 0. The molecule has 2 heterocycles. The first kappa shape index (κ1) is 13.8. The molecule has 1 fully saturated rings. The second kappa shape index (κ2) is 6.53. The number of amides is 1. The van der Waals surface area contributed by atoms with Gasteiger partial charge in [-0.1, -0.05) is 37.1 Å². The molecule has 1 aliphatic rings. The fourth-order valence-corrected chi connectivity index (χ4v) is 2.73. The van der Waals surface area contributed by atoms with Crippen LogP contribution >= 0.6 is 0 Å². The highest BCUT2D eigenvalue weighted by atomic mass is 16.2. The van der Waals surface area contributed by atoms with Crippen molar-refractivity contribution in [3.63, 3.8) is 0 Å². The van der Waals surface area contributed by atoms with Crippen LogP contribution in [0.2, 0.25) is 0 Å². The minimum absolute atomic E-state index is 0.104. The molecular formula is C18H20N2O. The molecule has 0 atom stereocenters. The number of carbonyl (C=O) groups excluding carboxylic acids is 1. The molecule has 21 heavy (non-hydrogen) atoms. The van der Waals surface area contributed by atoms with E-state index in [4.69, 9.17) is 0 Å². The smallest absolute Gasteiger partial charge is 0.246 e. The predicted molar refractivity (Wildman–Crippen MR) is 85.8 cm³/mol. The first-order valence-corrected chi connectivity index (χ1v) is 7.66. The number of aromatic nitrogens is 1. The van der Waals surface area contributed by atoms with Gasteiger partial charge in [-0.3, -0.25) is 4.79 Å². The van der Waals surface area contributed by atoms with Gasteiger partial charge >= 0.3 is 0 Å². The quantitative estimate of drug-likeness (QED) is 0.787. The van der Waals surface area contributed by atoms with Gasteiger partial charge in [-0.15, -0.1) is 0 Å². The Hall–Kier alpha value is -2.16. The first-order chi connectivity index (χ1) is 10.3. The van der Waals surface area contributed by atoms with E-state index < -0.39 is 0 Å². The molecule has 1 amide bonds. The highest BCUT2D eigenvalue weighted by Crippen LogP contribution is 2.13. The van der Waals surface area contributed by atoms with E-state index in [1.54, 1.807) is 6.08 Å². The number of rotatable bonds is 2. The summed E-state index contributed by atoms with van der Waals surface area (Å²) in [7, 11) is 0. The number of likely N-dealkylation sites (tertiary alicyclic amines) is 1. The van der Waals surface area contributed by atoms with E-state index >= 15 is 0 Å². The number of para-hydroxylation sites is 1. The maximum absolute atomic E-state index is 12.2. The molecule has 1 aliphatic heterocycles. The van der Waals surface area contributed by atoms with Crippen LogP contribution in [0.1, 0.15) is 31.4 Å². The lowest BCUT2D eigenvalue weighted by molar-refractivity contribution is -0.125. The third-order valence-electron chi connectivity index (χ3n) is 3.93. The molecule has 3 rings (SSSR count). The van der Waals surface area contributed by atoms with Gasteiger partial charge in [-0.05, 0) is 31.1 Å². The normalized spacial score (nSPS) is 16.3. The Balaban J connectivity index is 1.72. The fraction of sp³-hybridized carbons (Fsp3) is 0.333. The Morgan fingerprint density at radius 1 is 1.00 bits per heavy atom. The molecule has 0 aliphatic carbocycles. The molecule has 0 N–H and O–H groups in total. The molecule has 3 heteroatoms. The number of pyridine rings is 1. The summed E-state index contributed by atoms with van der Waals surface area (Å²) in [4.78, 5) is 18.7. The van der Waals surface area contributed by atoms with Gasteiger partial charge in [0, 0.05) is 24.6 Å². The van der Waals surface area contributed by atoms with Crippen molar-refractivity contribution in [1.82, 2.24) is 9.88 Å². The van der Waals surface area contributed by atoms with Crippen LogP contribution in [0.15, 0.2) is 42.5 Å². The Morgan fingerprint density at radius 3 is 2.57 bits per heavy atom. The number of fused-ring (bicyclic) bond motifs is 1. The summed E-state index contributed by atoms with van der Waals surface area (Å²) in [5.74, 6) is 0.104. The minimum Gasteiger partial charge on any atom is -0.339 e.